The quantitative estimate of drug-likeness (QED) is 0.318. The topological polar surface area (TPSA) is 55.6 Å². The summed E-state index contributed by atoms with van der Waals surface area (Å²) in [6.45, 7) is 0.134. The third-order valence-electron chi connectivity index (χ3n) is 4.86. The van der Waals surface area contributed by atoms with Crippen LogP contribution in [-0.2, 0) is 19.3 Å². The van der Waals surface area contributed by atoms with Gasteiger partial charge in [0.1, 0.15) is 28.8 Å². The zero-order chi connectivity index (χ0) is 23.4. The Bertz CT molecular complexity index is 1220. The van der Waals surface area contributed by atoms with Gasteiger partial charge in [-0.1, -0.05) is 18.2 Å². The summed E-state index contributed by atoms with van der Waals surface area (Å²) in [5, 5.41) is 2.34. The van der Waals surface area contributed by atoms with Crippen LogP contribution in [0.3, 0.4) is 0 Å². The van der Waals surface area contributed by atoms with Gasteiger partial charge in [0.05, 0.1) is 18.4 Å². The monoisotopic (exact) mass is 472 g/mol. The molecule has 1 amide bonds. The van der Waals surface area contributed by atoms with Gasteiger partial charge in [0.2, 0.25) is 0 Å². The molecule has 0 unspecified atom stereocenters. The number of rotatable bonds is 7. The molecule has 2 aromatic heterocycles. The largest absolute Gasteiger partial charge is 0.489 e. The molecule has 4 aromatic rings. The van der Waals surface area contributed by atoms with Crippen LogP contribution >= 0.6 is 11.3 Å². The standard InChI is InChI=1S/C24H19F3N2O3S/c1-29(13-19-6-4-12-31-19)23(30)21-15-33-22(28-21)16-8-10-18(11-9-16)32-14-17-5-2-3-7-20(17)24(25,26)27/h2-12,15H,13-14H2,1H3. The van der Waals surface area contributed by atoms with Crippen molar-refractivity contribution in [2.75, 3.05) is 7.05 Å². The third kappa shape index (κ3) is 5.43. The molecule has 0 radical (unpaired) electrons. The number of ether oxygens (including phenoxy) is 1. The number of hydrogen-bond acceptors (Lipinski definition) is 5. The Balaban J connectivity index is 1.40. The number of amides is 1. The lowest BCUT2D eigenvalue weighted by molar-refractivity contribution is -0.138. The Labute approximate surface area is 192 Å². The highest BCUT2D eigenvalue weighted by Crippen LogP contribution is 2.32. The van der Waals surface area contributed by atoms with Gasteiger partial charge in [0.15, 0.2) is 0 Å². The fourth-order valence-electron chi connectivity index (χ4n) is 3.19. The number of nitrogens with zero attached hydrogens (tertiary/aromatic N) is 2. The first-order chi connectivity index (χ1) is 15.8. The first-order valence-corrected chi connectivity index (χ1v) is 10.8. The fraction of sp³-hybridized carbons (Fsp3) is 0.167. The molecule has 0 saturated heterocycles. The van der Waals surface area contributed by atoms with Crippen LogP contribution in [0.25, 0.3) is 10.6 Å². The molecule has 33 heavy (non-hydrogen) atoms. The molecule has 5 nitrogen and oxygen atoms in total. The van der Waals surface area contributed by atoms with Crippen LogP contribution in [0, 0.1) is 0 Å². The molecule has 0 aliphatic carbocycles. The lowest BCUT2D eigenvalue weighted by Crippen LogP contribution is -2.26. The molecule has 0 fully saturated rings. The number of aromatic nitrogens is 1. The highest BCUT2D eigenvalue weighted by Gasteiger charge is 2.33. The predicted octanol–water partition coefficient (Wildman–Crippen LogP) is 6.27. The van der Waals surface area contributed by atoms with Gasteiger partial charge in [0, 0.05) is 23.6 Å². The average Bonchev–Trinajstić information content (AvgIpc) is 3.49. The Morgan fingerprint density at radius 2 is 1.85 bits per heavy atom. The van der Waals surface area contributed by atoms with E-state index in [-0.39, 0.29) is 18.1 Å². The van der Waals surface area contributed by atoms with Crippen LogP contribution in [0.5, 0.6) is 5.75 Å². The fourth-order valence-corrected chi connectivity index (χ4v) is 3.99. The van der Waals surface area contributed by atoms with Crippen molar-refractivity contribution in [3.8, 4) is 16.3 Å². The summed E-state index contributed by atoms with van der Waals surface area (Å²) in [5.74, 6) is 0.883. The highest BCUT2D eigenvalue weighted by molar-refractivity contribution is 7.13. The number of alkyl halides is 3. The van der Waals surface area contributed by atoms with Gasteiger partial charge in [-0.15, -0.1) is 11.3 Å². The number of benzene rings is 2. The molecule has 9 heteroatoms. The molecule has 0 aliphatic rings. The number of furan rings is 1. The molecule has 0 bridgehead atoms. The third-order valence-corrected chi connectivity index (χ3v) is 5.75. The van der Waals surface area contributed by atoms with Gasteiger partial charge in [-0.25, -0.2) is 4.98 Å². The molecular weight excluding hydrogens is 453 g/mol. The van der Waals surface area contributed by atoms with Crippen LogP contribution in [0.2, 0.25) is 0 Å². The van der Waals surface area contributed by atoms with Crippen molar-refractivity contribution in [3.63, 3.8) is 0 Å². The highest BCUT2D eigenvalue weighted by atomic mass is 32.1. The predicted molar refractivity (Wildman–Crippen MR) is 118 cm³/mol. The van der Waals surface area contributed by atoms with E-state index < -0.39 is 11.7 Å². The molecule has 0 aliphatic heterocycles. The van der Waals surface area contributed by atoms with Crippen molar-refractivity contribution in [1.29, 1.82) is 0 Å². The van der Waals surface area contributed by atoms with E-state index in [1.807, 2.05) is 0 Å². The van der Waals surface area contributed by atoms with Gasteiger partial charge in [0.25, 0.3) is 5.91 Å². The second kappa shape index (κ2) is 9.50. The van der Waals surface area contributed by atoms with Crippen molar-refractivity contribution in [1.82, 2.24) is 9.88 Å². The van der Waals surface area contributed by atoms with Gasteiger partial charge >= 0.3 is 6.18 Å². The second-order valence-corrected chi connectivity index (χ2v) is 8.10. The molecule has 4 rings (SSSR count). The summed E-state index contributed by atoms with van der Waals surface area (Å²) in [7, 11) is 1.67. The average molecular weight is 472 g/mol. The Hall–Kier alpha value is -3.59. The van der Waals surface area contributed by atoms with Crippen molar-refractivity contribution >= 4 is 17.2 Å². The van der Waals surface area contributed by atoms with Crippen LogP contribution in [0.4, 0.5) is 13.2 Å². The number of carbonyl (C=O) groups excluding carboxylic acids is 1. The lowest BCUT2D eigenvalue weighted by Gasteiger charge is -2.14. The zero-order valence-electron chi connectivity index (χ0n) is 17.5. The number of halogens is 3. The van der Waals surface area contributed by atoms with Gasteiger partial charge < -0.3 is 14.1 Å². The summed E-state index contributed by atoms with van der Waals surface area (Å²) in [6, 6.07) is 15.7. The van der Waals surface area contributed by atoms with Gasteiger partial charge in [-0.05, 0) is 42.5 Å². The number of carbonyl (C=O) groups is 1. The van der Waals surface area contributed by atoms with E-state index in [1.165, 1.54) is 28.4 Å². The Morgan fingerprint density at radius 1 is 1.09 bits per heavy atom. The summed E-state index contributed by atoms with van der Waals surface area (Å²) in [4.78, 5) is 18.6. The number of thiazole rings is 1. The minimum atomic E-state index is -4.43. The smallest absolute Gasteiger partial charge is 0.416 e. The van der Waals surface area contributed by atoms with Gasteiger partial charge in [-0.2, -0.15) is 13.2 Å². The first-order valence-electron chi connectivity index (χ1n) is 9.93. The lowest BCUT2D eigenvalue weighted by atomic mass is 10.1. The molecule has 170 valence electrons. The summed E-state index contributed by atoms with van der Waals surface area (Å²) >= 11 is 1.33. The van der Waals surface area contributed by atoms with Gasteiger partial charge in [-0.3, -0.25) is 4.79 Å². The molecule has 0 spiro atoms. The maximum Gasteiger partial charge on any atom is 0.416 e. The van der Waals surface area contributed by atoms with E-state index in [0.29, 0.717) is 28.8 Å². The van der Waals surface area contributed by atoms with E-state index >= 15 is 0 Å². The molecule has 0 atom stereocenters. The van der Waals surface area contributed by atoms with Crippen molar-refractivity contribution in [3.05, 3.63) is 94.9 Å². The summed E-state index contributed by atoms with van der Waals surface area (Å²) < 4.78 is 50.2. The second-order valence-electron chi connectivity index (χ2n) is 7.25. The van der Waals surface area contributed by atoms with Crippen LogP contribution < -0.4 is 4.74 Å². The maximum absolute atomic E-state index is 13.1. The van der Waals surface area contributed by atoms with E-state index in [0.717, 1.165) is 11.6 Å². The van der Waals surface area contributed by atoms with E-state index in [2.05, 4.69) is 4.98 Å². The normalized spacial score (nSPS) is 11.4. The Kier molecular flexibility index (Phi) is 6.50. The van der Waals surface area contributed by atoms with Crippen LogP contribution in [-0.4, -0.2) is 22.8 Å². The molecule has 0 saturated carbocycles. The summed E-state index contributed by atoms with van der Waals surface area (Å²) in [5.41, 5.74) is 0.457. The van der Waals surface area contributed by atoms with Crippen LogP contribution in [0.1, 0.15) is 27.4 Å². The molecule has 2 aromatic carbocycles. The molecule has 0 N–H and O–H groups in total. The Morgan fingerprint density at radius 3 is 2.55 bits per heavy atom. The van der Waals surface area contributed by atoms with Crippen molar-refractivity contribution in [2.45, 2.75) is 19.3 Å². The maximum atomic E-state index is 13.1. The SMILES string of the molecule is CN(Cc1ccco1)C(=O)c1csc(-c2ccc(OCc3ccccc3C(F)(F)F)cc2)n1. The molecular formula is C24H19F3N2O3S. The minimum Gasteiger partial charge on any atom is -0.489 e. The van der Waals surface area contributed by atoms with E-state index in [4.69, 9.17) is 9.15 Å². The first kappa shape index (κ1) is 22.6. The number of hydrogen-bond donors (Lipinski definition) is 0. The molecule has 2 heterocycles. The minimum absolute atomic E-state index is 0.0656. The van der Waals surface area contributed by atoms with Crippen LogP contribution in [0.15, 0.2) is 76.7 Å². The van der Waals surface area contributed by atoms with Crippen molar-refractivity contribution < 1.29 is 27.1 Å². The van der Waals surface area contributed by atoms with E-state index in [1.54, 1.807) is 61.2 Å². The van der Waals surface area contributed by atoms with Crippen molar-refractivity contribution in [2.24, 2.45) is 0 Å². The summed E-state index contributed by atoms with van der Waals surface area (Å²) in [6.07, 6.45) is -2.88. The zero-order valence-corrected chi connectivity index (χ0v) is 18.3. The van der Waals surface area contributed by atoms with E-state index in [9.17, 15) is 18.0 Å².